The van der Waals surface area contributed by atoms with Crippen LogP contribution < -0.4 is 5.32 Å². The van der Waals surface area contributed by atoms with E-state index in [2.05, 4.69) is 10.4 Å². The predicted molar refractivity (Wildman–Crippen MR) is 104 cm³/mol. The number of phenols is 1. The molecule has 4 rings (SSSR count). The average Bonchev–Trinajstić information content (AvgIpc) is 2.82. The molecule has 0 saturated heterocycles. The number of carbonyl (C=O) groups is 1. The second-order valence-electron chi connectivity index (χ2n) is 6.04. The van der Waals surface area contributed by atoms with Crippen molar-refractivity contribution in [1.29, 1.82) is 0 Å². The summed E-state index contributed by atoms with van der Waals surface area (Å²) in [6.07, 6.45) is 0. The number of amides is 1. The molecule has 0 fully saturated rings. The molecule has 2 aromatic carbocycles. The van der Waals surface area contributed by atoms with E-state index < -0.39 is 0 Å². The number of thioether (sulfide) groups is 1. The number of fused-ring (bicyclic) bond motifs is 1. The molecule has 26 heavy (non-hydrogen) atoms. The molecule has 0 aliphatic carbocycles. The molecule has 1 aliphatic heterocycles. The zero-order valence-corrected chi connectivity index (χ0v) is 15.5. The quantitative estimate of drug-likeness (QED) is 0.689. The first kappa shape index (κ1) is 17.0. The second kappa shape index (κ2) is 6.70. The molecule has 0 saturated carbocycles. The molecule has 0 bridgehead atoms. The van der Waals surface area contributed by atoms with Crippen LogP contribution in [0.4, 0.5) is 5.82 Å². The number of phenolic OH excluding ortho intramolecular Hbond substituents is 1. The Morgan fingerprint density at radius 3 is 2.69 bits per heavy atom. The van der Waals surface area contributed by atoms with Gasteiger partial charge >= 0.3 is 0 Å². The van der Waals surface area contributed by atoms with E-state index in [0.717, 1.165) is 22.5 Å². The number of hydrogen-bond acceptors (Lipinski definition) is 4. The summed E-state index contributed by atoms with van der Waals surface area (Å²) in [5.41, 5.74) is 3.50. The number of aromatic hydroxyl groups is 1. The van der Waals surface area contributed by atoms with E-state index >= 15 is 0 Å². The predicted octanol–water partition coefficient (Wildman–Crippen LogP) is 4.31. The molecule has 1 aliphatic rings. The minimum Gasteiger partial charge on any atom is -0.508 e. The van der Waals surface area contributed by atoms with Crippen LogP contribution in [0.1, 0.15) is 22.1 Å². The van der Waals surface area contributed by atoms with Gasteiger partial charge in [-0.15, -0.1) is 11.8 Å². The third-order valence-corrected chi connectivity index (χ3v) is 5.87. The Balaban J connectivity index is 1.91. The number of hydrogen-bond donors (Lipinski definition) is 2. The lowest BCUT2D eigenvalue weighted by Crippen LogP contribution is -2.16. The zero-order valence-electron chi connectivity index (χ0n) is 13.9. The van der Waals surface area contributed by atoms with E-state index in [9.17, 15) is 9.90 Å². The molecular weight excluding hydrogens is 370 g/mol. The number of aryl methyl sites for hydroxylation is 1. The highest BCUT2D eigenvalue weighted by Crippen LogP contribution is 2.44. The van der Waals surface area contributed by atoms with Crippen LogP contribution in [0, 0.1) is 6.92 Å². The fraction of sp³-hybridized carbons (Fsp3) is 0.158. The molecule has 0 spiro atoms. The van der Waals surface area contributed by atoms with Gasteiger partial charge in [0.05, 0.1) is 27.4 Å². The Morgan fingerprint density at radius 2 is 1.96 bits per heavy atom. The Kier molecular flexibility index (Phi) is 4.38. The van der Waals surface area contributed by atoms with Crippen molar-refractivity contribution in [2.45, 2.75) is 12.2 Å². The van der Waals surface area contributed by atoms with Gasteiger partial charge in [0.2, 0.25) is 5.91 Å². The first-order chi connectivity index (χ1) is 12.5. The van der Waals surface area contributed by atoms with E-state index in [1.165, 1.54) is 0 Å². The number of anilines is 1. The Labute approximate surface area is 160 Å². The number of benzene rings is 2. The van der Waals surface area contributed by atoms with Crippen molar-refractivity contribution < 1.29 is 9.90 Å². The number of nitrogens with zero attached hydrogens (tertiary/aromatic N) is 2. The fourth-order valence-corrected chi connectivity index (χ4v) is 4.50. The largest absolute Gasteiger partial charge is 0.508 e. The van der Waals surface area contributed by atoms with E-state index in [0.29, 0.717) is 16.6 Å². The molecule has 1 amide bonds. The van der Waals surface area contributed by atoms with Crippen molar-refractivity contribution in [1.82, 2.24) is 9.78 Å². The molecule has 1 atom stereocenters. The highest BCUT2D eigenvalue weighted by Gasteiger charge is 2.30. The standard InChI is InChI=1S/C19H16ClN3O2S/c1-11-17-18(12-6-8-13(24)9-7-12)26-10-16(25)21-19(17)23(22-11)15-5-3-2-4-14(15)20/h2-9,18,24H,10H2,1H3,(H,21,25)/t18-/m0/s1. The van der Waals surface area contributed by atoms with Gasteiger partial charge in [-0.3, -0.25) is 4.79 Å². The lowest BCUT2D eigenvalue weighted by Gasteiger charge is -2.15. The first-order valence-electron chi connectivity index (χ1n) is 8.09. The summed E-state index contributed by atoms with van der Waals surface area (Å²) >= 11 is 7.89. The average molecular weight is 386 g/mol. The summed E-state index contributed by atoms with van der Waals surface area (Å²) < 4.78 is 1.70. The first-order valence-corrected chi connectivity index (χ1v) is 9.52. The lowest BCUT2D eigenvalue weighted by molar-refractivity contribution is -0.113. The Hall–Kier alpha value is -2.44. The Bertz CT molecular complexity index is 985. The van der Waals surface area contributed by atoms with Gasteiger partial charge in [-0.1, -0.05) is 35.9 Å². The zero-order chi connectivity index (χ0) is 18.3. The van der Waals surface area contributed by atoms with Gasteiger partial charge in [0.15, 0.2) is 0 Å². The van der Waals surface area contributed by atoms with E-state index in [1.54, 1.807) is 34.6 Å². The van der Waals surface area contributed by atoms with E-state index in [-0.39, 0.29) is 16.9 Å². The number of carbonyl (C=O) groups excluding carboxylic acids is 1. The van der Waals surface area contributed by atoms with Crippen molar-refractivity contribution in [2.24, 2.45) is 0 Å². The molecule has 3 aromatic rings. The SMILES string of the molecule is Cc1nn(-c2ccccc2Cl)c2c1[C@H](c1ccc(O)cc1)SCC(=O)N2. The highest BCUT2D eigenvalue weighted by atomic mass is 35.5. The van der Waals surface area contributed by atoms with Gasteiger partial charge in [-0.25, -0.2) is 4.68 Å². The molecule has 0 radical (unpaired) electrons. The maximum Gasteiger partial charge on any atom is 0.235 e. The molecule has 2 N–H and O–H groups in total. The monoisotopic (exact) mass is 385 g/mol. The summed E-state index contributed by atoms with van der Waals surface area (Å²) in [7, 11) is 0. The maximum atomic E-state index is 12.3. The normalized spacial score (nSPS) is 16.7. The molecule has 2 heterocycles. The van der Waals surface area contributed by atoms with Crippen LogP contribution in [0.3, 0.4) is 0 Å². The van der Waals surface area contributed by atoms with Crippen molar-refractivity contribution >= 4 is 35.1 Å². The van der Waals surface area contributed by atoms with Crippen LogP contribution in [-0.2, 0) is 4.79 Å². The lowest BCUT2D eigenvalue weighted by atomic mass is 10.0. The van der Waals surface area contributed by atoms with Crippen LogP contribution in [-0.4, -0.2) is 26.5 Å². The fourth-order valence-electron chi connectivity index (χ4n) is 3.09. The van der Waals surface area contributed by atoms with Crippen LogP contribution >= 0.6 is 23.4 Å². The molecule has 7 heteroatoms. The van der Waals surface area contributed by atoms with Crippen molar-refractivity contribution in [3.05, 3.63) is 70.4 Å². The molecule has 0 unspecified atom stereocenters. The summed E-state index contributed by atoms with van der Waals surface area (Å²) in [6.45, 7) is 1.93. The van der Waals surface area contributed by atoms with Crippen molar-refractivity contribution in [3.8, 4) is 11.4 Å². The summed E-state index contributed by atoms with van der Waals surface area (Å²) in [6, 6.07) is 14.5. The van der Waals surface area contributed by atoms with Crippen LogP contribution in [0.15, 0.2) is 48.5 Å². The van der Waals surface area contributed by atoms with Gasteiger partial charge in [-0.05, 0) is 36.8 Å². The van der Waals surface area contributed by atoms with E-state index in [1.807, 2.05) is 37.3 Å². The number of aromatic nitrogens is 2. The minimum absolute atomic E-state index is 0.0687. The van der Waals surface area contributed by atoms with Gasteiger partial charge in [0.25, 0.3) is 0 Å². The third-order valence-electron chi connectivity index (χ3n) is 4.28. The number of halogens is 1. The smallest absolute Gasteiger partial charge is 0.235 e. The van der Waals surface area contributed by atoms with Crippen LogP contribution in [0.25, 0.3) is 5.69 Å². The van der Waals surface area contributed by atoms with Gasteiger partial charge in [0, 0.05) is 5.56 Å². The number of rotatable bonds is 2. The molecule has 5 nitrogen and oxygen atoms in total. The minimum atomic E-state index is -0.0780. The van der Waals surface area contributed by atoms with Crippen molar-refractivity contribution in [3.63, 3.8) is 0 Å². The van der Waals surface area contributed by atoms with Gasteiger partial charge in [0.1, 0.15) is 11.6 Å². The van der Waals surface area contributed by atoms with E-state index in [4.69, 9.17) is 11.6 Å². The molecule has 1 aromatic heterocycles. The van der Waals surface area contributed by atoms with Gasteiger partial charge in [-0.2, -0.15) is 5.10 Å². The third kappa shape index (κ3) is 2.95. The second-order valence-corrected chi connectivity index (χ2v) is 7.54. The topological polar surface area (TPSA) is 67.1 Å². The number of para-hydroxylation sites is 1. The van der Waals surface area contributed by atoms with Gasteiger partial charge < -0.3 is 10.4 Å². The van der Waals surface area contributed by atoms with Crippen molar-refractivity contribution in [2.75, 3.05) is 11.1 Å². The number of nitrogens with one attached hydrogen (secondary N) is 1. The van der Waals surface area contributed by atoms with Crippen LogP contribution in [0.2, 0.25) is 5.02 Å². The summed E-state index contributed by atoms with van der Waals surface area (Å²) in [4.78, 5) is 12.3. The molecular formula is C19H16ClN3O2S. The highest BCUT2D eigenvalue weighted by molar-refractivity contribution is 8.00. The maximum absolute atomic E-state index is 12.3. The summed E-state index contributed by atoms with van der Waals surface area (Å²) in [5, 5.41) is 17.7. The summed E-state index contributed by atoms with van der Waals surface area (Å²) in [5.74, 6) is 1.11. The Morgan fingerprint density at radius 1 is 1.23 bits per heavy atom. The molecule has 132 valence electrons. The van der Waals surface area contributed by atoms with Crippen LogP contribution in [0.5, 0.6) is 5.75 Å².